The molecule has 1 heterocycles. The molecule has 1 rings (SSSR count). The highest BCUT2D eigenvalue weighted by Crippen LogP contribution is 2.38. The van der Waals surface area contributed by atoms with Crippen molar-refractivity contribution in [1.82, 2.24) is 4.57 Å². The standard InChI is InChI=1S/C15H27NO3Si/c1-14(2,3)19-13(17)16-10-8-9-12(16)11-15(4,5)20(6,7)18/h8-10,18H,11H2,1-7H3. The molecule has 0 aliphatic carbocycles. The summed E-state index contributed by atoms with van der Waals surface area (Å²) in [5, 5.41) is -0.217. The summed E-state index contributed by atoms with van der Waals surface area (Å²) in [6, 6.07) is 3.74. The fraction of sp³-hybridized carbons (Fsp3) is 0.667. The Labute approximate surface area is 122 Å². The maximum Gasteiger partial charge on any atom is 0.418 e. The first-order chi connectivity index (χ1) is 8.83. The number of hydrogen-bond acceptors (Lipinski definition) is 3. The van der Waals surface area contributed by atoms with Crippen molar-refractivity contribution in [3.05, 3.63) is 24.0 Å². The average Bonchev–Trinajstić information content (AvgIpc) is 2.60. The molecule has 0 bridgehead atoms. The van der Waals surface area contributed by atoms with Crippen LogP contribution in [0.4, 0.5) is 4.79 Å². The molecule has 0 aromatic carbocycles. The SMILES string of the molecule is CC(C)(C)OC(=O)n1cccc1CC(C)(C)[Si](C)(C)O. The molecular formula is C15H27NO3Si. The van der Waals surface area contributed by atoms with Crippen molar-refractivity contribution in [3.63, 3.8) is 0 Å². The van der Waals surface area contributed by atoms with E-state index in [-0.39, 0.29) is 11.1 Å². The molecule has 114 valence electrons. The minimum Gasteiger partial charge on any atom is -0.443 e. The van der Waals surface area contributed by atoms with E-state index >= 15 is 0 Å². The van der Waals surface area contributed by atoms with Crippen LogP contribution in [-0.2, 0) is 11.2 Å². The summed E-state index contributed by atoms with van der Waals surface area (Å²) in [4.78, 5) is 22.5. The minimum absolute atomic E-state index is 0.217. The molecule has 0 atom stereocenters. The Bertz CT molecular complexity index is 478. The van der Waals surface area contributed by atoms with E-state index in [1.165, 1.54) is 4.57 Å². The van der Waals surface area contributed by atoms with Crippen molar-refractivity contribution in [2.45, 2.75) is 64.8 Å². The Hall–Kier alpha value is -1.07. The van der Waals surface area contributed by atoms with Gasteiger partial charge in [-0.2, -0.15) is 0 Å². The highest BCUT2D eigenvalue weighted by molar-refractivity contribution is 6.72. The van der Waals surface area contributed by atoms with Crippen LogP contribution in [0.2, 0.25) is 18.1 Å². The Morgan fingerprint density at radius 3 is 2.30 bits per heavy atom. The van der Waals surface area contributed by atoms with E-state index in [0.717, 1.165) is 5.69 Å². The first-order valence-corrected chi connectivity index (χ1v) is 9.90. The van der Waals surface area contributed by atoms with Gasteiger partial charge in [0.1, 0.15) is 5.60 Å². The molecule has 1 aromatic heterocycles. The quantitative estimate of drug-likeness (QED) is 0.864. The maximum atomic E-state index is 12.2. The molecule has 1 N–H and O–H groups in total. The molecule has 0 radical (unpaired) electrons. The van der Waals surface area contributed by atoms with Crippen molar-refractivity contribution >= 4 is 14.4 Å². The van der Waals surface area contributed by atoms with Crippen LogP contribution in [0.5, 0.6) is 0 Å². The van der Waals surface area contributed by atoms with Gasteiger partial charge in [0.05, 0.1) is 0 Å². The Kier molecular flexibility index (Phi) is 4.56. The molecule has 0 aliphatic rings. The summed E-state index contributed by atoms with van der Waals surface area (Å²) in [6.07, 6.45) is 1.99. The van der Waals surface area contributed by atoms with Gasteiger partial charge in [-0.15, -0.1) is 0 Å². The van der Waals surface area contributed by atoms with Crippen molar-refractivity contribution in [3.8, 4) is 0 Å². The smallest absolute Gasteiger partial charge is 0.418 e. The van der Waals surface area contributed by atoms with Crippen LogP contribution in [-0.4, -0.2) is 29.4 Å². The monoisotopic (exact) mass is 297 g/mol. The van der Waals surface area contributed by atoms with Gasteiger partial charge >= 0.3 is 6.09 Å². The van der Waals surface area contributed by atoms with Gasteiger partial charge in [0.25, 0.3) is 0 Å². The second kappa shape index (κ2) is 5.37. The molecule has 0 spiro atoms. The summed E-state index contributed by atoms with van der Waals surface area (Å²) in [5.41, 5.74) is 0.359. The molecule has 0 unspecified atom stereocenters. The molecule has 0 fully saturated rings. The van der Waals surface area contributed by atoms with Crippen LogP contribution in [0.15, 0.2) is 18.3 Å². The van der Waals surface area contributed by atoms with Crippen LogP contribution < -0.4 is 0 Å². The molecular weight excluding hydrogens is 270 g/mol. The van der Waals surface area contributed by atoms with Crippen LogP contribution in [0, 0.1) is 0 Å². The Balaban J connectivity index is 2.96. The fourth-order valence-electron chi connectivity index (χ4n) is 1.72. The van der Waals surface area contributed by atoms with Crippen LogP contribution in [0.1, 0.15) is 40.3 Å². The van der Waals surface area contributed by atoms with Gasteiger partial charge < -0.3 is 9.53 Å². The third-order valence-electron chi connectivity index (χ3n) is 3.70. The van der Waals surface area contributed by atoms with Crippen molar-refractivity contribution in [1.29, 1.82) is 0 Å². The normalized spacial score (nSPS) is 13.4. The minimum atomic E-state index is -2.31. The number of carbonyl (C=O) groups excluding carboxylic acids is 1. The zero-order chi connectivity index (χ0) is 15.8. The van der Waals surface area contributed by atoms with Gasteiger partial charge in [0, 0.05) is 11.9 Å². The number of ether oxygens (including phenoxy) is 1. The van der Waals surface area contributed by atoms with Gasteiger partial charge in [-0.05, 0) is 57.5 Å². The summed E-state index contributed by atoms with van der Waals surface area (Å²) in [5.74, 6) is 0. The molecule has 5 heteroatoms. The Morgan fingerprint density at radius 2 is 1.85 bits per heavy atom. The van der Waals surface area contributed by atoms with Gasteiger partial charge in [0.15, 0.2) is 8.32 Å². The van der Waals surface area contributed by atoms with Crippen LogP contribution in [0.25, 0.3) is 0 Å². The number of hydrogen-bond donors (Lipinski definition) is 1. The molecule has 0 amide bonds. The molecule has 0 saturated heterocycles. The summed E-state index contributed by atoms with van der Waals surface area (Å²) in [7, 11) is -2.31. The summed E-state index contributed by atoms with van der Waals surface area (Å²) in [6.45, 7) is 13.5. The summed E-state index contributed by atoms with van der Waals surface area (Å²) >= 11 is 0. The van der Waals surface area contributed by atoms with Gasteiger partial charge in [-0.3, -0.25) is 4.57 Å². The zero-order valence-electron chi connectivity index (χ0n) is 13.7. The van der Waals surface area contributed by atoms with E-state index in [9.17, 15) is 9.59 Å². The number of aromatic nitrogens is 1. The van der Waals surface area contributed by atoms with Gasteiger partial charge in [-0.1, -0.05) is 13.8 Å². The topological polar surface area (TPSA) is 51.5 Å². The molecule has 4 nitrogen and oxygen atoms in total. The predicted molar refractivity (Wildman–Crippen MR) is 83.5 cm³/mol. The lowest BCUT2D eigenvalue weighted by molar-refractivity contribution is 0.0532. The lowest BCUT2D eigenvalue weighted by Gasteiger charge is -2.35. The lowest BCUT2D eigenvalue weighted by atomic mass is 10.1. The van der Waals surface area contributed by atoms with Crippen molar-refractivity contribution in [2.75, 3.05) is 0 Å². The van der Waals surface area contributed by atoms with Gasteiger partial charge in [0.2, 0.25) is 0 Å². The van der Waals surface area contributed by atoms with E-state index in [4.69, 9.17) is 4.74 Å². The lowest BCUT2D eigenvalue weighted by Crippen LogP contribution is -2.41. The Morgan fingerprint density at radius 1 is 1.30 bits per heavy atom. The van der Waals surface area contributed by atoms with E-state index in [1.807, 2.05) is 59.8 Å². The summed E-state index contributed by atoms with van der Waals surface area (Å²) < 4.78 is 6.93. The highest BCUT2D eigenvalue weighted by Gasteiger charge is 2.39. The molecule has 0 aliphatic heterocycles. The number of nitrogens with zero attached hydrogens (tertiary/aromatic N) is 1. The third-order valence-corrected chi connectivity index (χ3v) is 7.19. The number of carbonyl (C=O) groups is 1. The third kappa shape index (κ3) is 4.21. The molecule has 20 heavy (non-hydrogen) atoms. The number of rotatable bonds is 3. The fourth-order valence-corrected chi connectivity index (χ4v) is 2.33. The molecule has 1 aromatic rings. The first kappa shape index (κ1) is 17.0. The van der Waals surface area contributed by atoms with Crippen molar-refractivity contribution < 1.29 is 14.3 Å². The van der Waals surface area contributed by atoms with Crippen LogP contribution in [0.3, 0.4) is 0 Å². The second-order valence-corrected chi connectivity index (χ2v) is 11.9. The largest absolute Gasteiger partial charge is 0.443 e. The first-order valence-electron chi connectivity index (χ1n) is 6.95. The van der Waals surface area contributed by atoms with E-state index in [2.05, 4.69) is 0 Å². The highest BCUT2D eigenvalue weighted by atomic mass is 28.4. The van der Waals surface area contributed by atoms with E-state index in [1.54, 1.807) is 6.20 Å². The van der Waals surface area contributed by atoms with Crippen LogP contribution >= 0.6 is 0 Å². The van der Waals surface area contributed by atoms with E-state index < -0.39 is 13.9 Å². The average molecular weight is 297 g/mol. The molecule has 0 saturated carbocycles. The van der Waals surface area contributed by atoms with Gasteiger partial charge in [-0.25, -0.2) is 4.79 Å². The predicted octanol–water partition coefficient (Wildman–Crippen LogP) is 3.79. The zero-order valence-corrected chi connectivity index (χ0v) is 14.7. The van der Waals surface area contributed by atoms with Crippen molar-refractivity contribution in [2.24, 2.45) is 0 Å². The maximum absolute atomic E-state index is 12.2. The second-order valence-electron chi connectivity index (χ2n) is 7.47. The van der Waals surface area contributed by atoms with E-state index in [0.29, 0.717) is 6.42 Å².